The number of nitrogens with zero attached hydrogens (tertiary/aromatic N) is 1. The Balaban J connectivity index is 1.68. The molecule has 1 unspecified atom stereocenters. The molecule has 8 heteroatoms. The lowest BCUT2D eigenvalue weighted by Crippen LogP contribution is -2.50. The largest absolute Gasteiger partial charge is 0.462 e. The Bertz CT molecular complexity index is 1290. The molecule has 7 nitrogen and oxygen atoms in total. The highest BCUT2D eigenvalue weighted by Crippen LogP contribution is 2.37. The number of carbonyl (C=O) groups is 4. The number of aryl methyl sites for hydroxylation is 1. The molecule has 3 amide bonds. The van der Waals surface area contributed by atoms with Gasteiger partial charge in [-0.15, -0.1) is 11.3 Å². The van der Waals surface area contributed by atoms with Crippen molar-refractivity contribution >= 4 is 40.0 Å². The molecule has 1 N–H and O–H groups in total. The van der Waals surface area contributed by atoms with E-state index in [2.05, 4.69) is 12.2 Å². The molecule has 0 bridgehead atoms. The molecule has 0 saturated carbocycles. The first-order valence-electron chi connectivity index (χ1n) is 11.9. The molecule has 2 heterocycles. The van der Waals surface area contributed by atoms with E-state index in [9.17, 15) is 19.2 Å². The van der Waals surface area contributed by atoms with Crippen molar-refractivity contribution in [3.05, 3.63) is 76.2 Å². The molecule has 0 radical (unpaired) electrons. The molecule has 0 saturated heterocycles. The molecule has 186 valence electrons. The van der Waals surface area contributed by atoms with Crippen LogP contribution >= 0.6 is 11.3 Å². The Kier molecular flexibility index (Phi) is 7.35. The van der Waals surface area contributed by atoms with Crippen LogP contribution in [0.1, 0.15) is 64.3 Å². The number of nitrogens with one attached hydrogen (secondary N) is 1. The molecular weight excluding hydrogens is 476 g/mol. The fourth-order valence-electron chi connectivity index (χ4n) is 4.35. The Morgan fingerprint density at radius 1 is 0.944 bits per heavy atom. The van der Waals surface area contributed by atoms with Crippen LogP contribution in [-0.4, -0.2) is 41.2 Å². The SMILES string of the molecule is CCOC(=O)c1c(-c2ccc(CC)cc2)csc1NC(=O)C(C(C)C)N1C(=O)c2ccccc2C1=O. The number of ether oxygens (including phenoxy) is 1. The smallest absolute Gasteiger partial charge is 0.341 e. The highest BCUT2D eigenvalue weighted by atomic mass is 32.1. The van der Waals surface area contributed by atoms with Crippen molar-refractivity contribution in [2.24, 2.45) is 5.92 Å². The topological polar surface area (TPSA) is 92.8 Å². The summed E-state index contributed by atoms with van der Waals surface area (Å²) in [4.78, 5) is 53.6. The molecule has 3 aromatic rings. The molecule has 2 aromatic carbocycles. The average molecular weight is 505 g/mol. The number of rotatable bonds is 8. The van der Waals surface area contributed by atoms with Crippen LogP contribution in [-0.2, 0) is 16.0 Å². The Hall–Kier alpha value is -3.78. The number of esters is 1. The molecule has 0 spiro atoms. The maximum Gasteiger partial charge on any atom is 0.341 e. The molecular formula is C28H28N2O5S. The molecule has 1 aromatic heterocycles. The maximum atomic E-state index is 13.5. The summed E-state index contributed by atoms with van der Waals surface area (Å²) in [5.41, 5.74) is 3.46. The lowest BCUT2D eigenvalue weighted by Gasteiger charge is -2.28. The Labute approximate surface area is 214 Å². The van der Waals surface area contributed by atoms with E-state index < -0.39 is 29.7 Å². The van der Waals surface area contributed by atoms with Gasteiger partial charge in [0.1, 0.15) is 16.6 Å². The zero-order chi connectivity index (χ0) is 26.0. The van der Waals surface area contributed by atoms with E-state index in [1.54, 1.807) is 50.4 Å². The monoisotopic (exact) mass is 504 g/mol. The van der Waals surface area contributed by atoms with Crippen LogP contribution in [0.2, 0.25) is 0 Å². The van der Waals surface area contributed by atoms with E-state index in [1.807, 2.05) is 24.3 Å². The quantitative estimate of drug-likeness (QED) is 0.327. The first-order chi connectivity index (χ1) is 17.3. The van der Waals surface area contributed by atoms with Crippen molar-refractivity contribution in [1.82, 2.24) is 4.90 Å². The van der Waals surface area contributed by atoms with Crippen molar-refractivity contribution in [3.8, 4) is 11.1 Å². The Morgan fingerprint density at radius 3 is 2.08 bits per heavy atom. The molecule has 0 aliphatic carbocycles. The second-order valence-corrected chi connectivity index (χ2v) is 9.71. The lowest BCUT2D eigenvalue weighted by molar-refractivity contribution is -0.121. The van der Waals surface area contributed by atoms with E-state index in [4.69, 9.17) is 4.74 Å². The second kappa shape index (κ2) is 10.5. The maximum absolute atomic E-state index is 13.5. The van der Waals surface area contributed by atoms with Crippen LogP contribution in [0.5, 0.6) is 0 Å². The number of amides is 3. The molecule has 0 fully saturated rings. The highest BCUT2D eigenvalue weighted by molar-refractivity contribution is 7.15. The van der Waals surface area contributed by atoms with Gasteiger partial charge in [-0.2, -0.15) is 0 Å². The summed E-state index contributed by atoms with van der Waals surface area (Å²) in [6.45, 7) is 7.51. The van der Waals surface area contributed by atoms with Crippen molar-refractivity contribution in [3.63, 3.8) is 0 Å². The molecule has 1 atom stereocenters. The number of anilines is 1. The van der Waals surface area contributed by atoms with Gasteiger partial charge in [0.05, 0.1) is 17.7 Å². The standard InChI is InChI=1S/C28H28N2O5S/c1-5-17-11-13-18(14-12-17)21-15-36-25(22(21)28(34)35-6-2)29-24(31)23(16(3)4)30-26(32)19-9-7-8-10-20(19)27(30)33/h7-16,23H,5-6H2,1-4H3,(H,29,31). The minimum atomic E-state index is -1.05. The predicted molar refractivity (Wildman–Crippen MR) is 139 cm³/mol. The third-order valence-corrected chi connectivity index (χ3v) is 7.08. The fraction of sp³-hybridized carbons (Fsp3) is 0.286. The number of hydrogen-bond acceptors (Lipinski definition) is 6. The van der Waals surface area contributed by atoms with E-state index in [0.29, 0.717) is 10.6 Å². The second-order valence-electron chi connectivity index (χ2n) is 8.83. The van der Waals surface area contributed by atoms with Crippen LogP contribution < -0.4 is 5.32 Å². The van der Waals surface area contributed by atoms with Crippen LogP contribution in [0.15, 0.2) is 53.9 Å². The van der Waals surface area contributed by atoms with Gasteiger partial charge in [0.15, 0.2) is 0 Å². The number of carbonyl (C=O) groups excluding carboxylic acids is 4. The van der Waals surface area contributed by atoms with Crippen LogP contribution in [0.25, 0.3) is 11.1 Å². The van der Waals surface area contributed by atoms with Crippen molar-refractivity contribution in [1.29, 1.82) is 0 Å². The summed E-state index contributed by atoms with van der Waals surface area (Å²) in [7, 11) is 0. The van der Waals surface area contributed by atoms with Crippen molar-refractivity contribution in [2.75, 3.05) is 11.9 Å². The van der Waals surface area contributed by atoms with Gasteiger partial charge in [-0.1, -0.05) is 57.2 Å². The first kappa shape index (κ1) is 25.3. The zero-order valence-corrected chi connectivity index (χ0v) is 21.5. The van der Waals surface area contributed by atoms with Crippen molar-refractivity contribution < 1.29 is 23.9 Å². The number of hydrogen-bond donors (Lipinski definition) is 1. The predicted octanol–water partition coefficient (Wildman–Crippen LogP) is 5.41. The van der Waals surface area contributed by atoms with Gasteiger partial charge in [0.25, 0.3) is 11.8 Å². The van der Waals surface area contributed by atoms with Crippen LogP contribution in [0.4, 0.5) is 5.00 Å². The van der Waals surface area contributed by atoms with Gasteiger partial charge in [0, 0.05) is 10.9 Å². The summed E-state index contributed by atoms with van der Waals surface area (Å²) in [6.07, 6.45) is 0.893. The van der Waals surface area contributed by atoms with Gasteiger partial charge >= 0.3 is 5.97 Å². The summed E-state index contributed by atoms with van der Waals surface area (Å²) >= 11 is 1.20. The number of thiophene rings is 1. The number of fused-ring (bicyclic) bond motifs is 1. The van der Waals surface area contributed by atoms with Gasteiger partial charge in [-0.25, -0.2) is 4.79 Å². The molecule has 1 aliphatic rings. The van der Waals surface area contributed by atoms with Crippen LogP contribution in [0.3, 0.4) is 0 Å². The van der Waals surface area contributed by atoms with E-state index >= 15 is 0 Å². The summed E-state index contributed by atoms with van der Waals surface area (Å²) in [5.74, 6) is -2.46. The van der Waals surface area contributed by atoms with Gasteiger partial charge in [-0.3, -0.25) is 19.3 Å². The van der Waals surface area contributed by atoms with Gasteiger partial charge in [-0.05, 0) is 42.5 Å². The third kappa shape index (κ3) is 4.56. The summed E-state index contributed by atoms with van der Waals surface area (Å²) in [5, 5.41) is 4.94. The zero-order valence-electron chi connectivity index (χ0n) is 20.7. The lowest BCUT2D eigenvalue weighted by atomic mass is 10.0. The molecule has 1 aliphatic heterocycles. The highest BCUT2D eigenvalue weighted by Gasteiger charge is 2.44. The first-order valence-corrected chi connectivity index (χ1v) is 12.8. The van der Waals surface area contributed by atoms with Gasteiger partial charge in [0.2, 0.25) is 5.91 Å². The van der Waals surface area contributed by atoms with Crippen molar-refractivity contribution in [2.45, 2.75) is 40.2 Å². The van der Waals surface area contributed by atoms with E-state index in [-0.39, 0.29) is 29.2 Å². The fourth-order valence-corrected chi connectivity index (χ4v) is 5.31. The third-order valence-electron chi connectivity index (χ3n) is 6.18. The average Bonchev–Trinajstić information content (AvgIpc) is 3.39. The Morgan fingerprint density at radius 2 is 1.56 bits per heavy atom. The van der Waals surface area contributed by atoms with Crippen LogP contribution in [0, 0.1) is 5.92 Å². The van der Waals surface area contributed by atoms with Gasteiger partial charge < -0.3 is 10.1 Å². The van der Waals surface area contributed by atoms with E-state index in [1.165, 1.54) is 16.9 Å². The summed E-state index contributed by atoms with van der Waals surface area (Å²) < 4.78 is 5.30. The molecule has 36 heavy (non-hydrogen) atoms. The normalized spacial score (nSPS) is 13.6. The number of benzene rings is 2. The minimum Gasteiger partial charge on any atom is -0.462 e. The molecule has 4 rings (SSSR count). The number of imide groups is 1. The summed E-state index contributed by atoms with van der Waals surface area (Å²) in [6, 6.07) is 13.3. The van der Waals surface area contributed by atoms with E-state index in [0.717, 1.165) is 16.9 Å². The minimum absolute atomic E-state index is 0.180.